The summed E-state index contributed by atoms with van der Waals surface area (Å²) in [5.74, 6) is 0.772. The number of aromatic nitrogens is 1. The van der Waals surface area contributed by atoms with E-state index in [1.165, 1.54) is 4.57 Å². The van der Waals surface area contributed by atoms with Gasteiger partial charge >= 0.3 is 0 Å². The summed E-state index contributed by atoms with van der Waals surface area (Å²) >= 11 is 0. The fourth-order valence-electron chi connectivity index (χ4n) is 3.51. The van der Waals surface area contributed by atoms with E-state index in [1.54, 1.807) is 33.4 Å². The zero-order chi connectivity index (χ0) is 21.7. The van der Waals surface area contributed by atoms with Gasteiger partial charge in [-0.1, -0.05) is 6.07 Å². The van der Waals surface area contributed by atoms with Crippen molar-refractivity contribution in [3.63, 3.8) is 0 Å². The van der Waals surface area contributed by atoms with Gasteiger partial charge in [-0.2, -0.15) is 0 Å². The summed E-state index contributed by atoms with van der Waals surface area (Å²) in [6, 6.07) is 6.83. The Kier molecular flexibility index (Phi) is 7.12. The molecule has 2 aromatic rings. The van der Waals surface area contributed by atoms with Crippen LogP contribution in [-0.4, -0.2) is 55.2 Å². The molecule has 1 saturated heterocycles. The molecule has 1 aliphatic rings. The van der Waals surface area contributed by atoms with E-state index in [1.807, 2.05) is 18.2 Å². The second-order valence-corrected chi connectivity index (χ2v) is 7.32. The van der Waals surface area contributed by atoms with Crippen LogP contribution in [0.1, 0.15) is 27.9 Å². The lowest BCUT2D eigenvalue weighted by molar-refractivity contribution is -0.0140. The Balaban J connectivity index is 1.76. The van der Waals surface area contributed by atoms with Crippen molar-refractivity contribution in [1.29, 1.82) is 0 Å². The monoisotopic (exact) mass is 416 g/mol. The number of rotatable bonds is 7. The average molecular weight is 416 g/mol. The van der Waals surface area contributed by atoms with Crippen LogP contribution in [0.15, 0.2) is 35.3 Å². The number of hydrogen-bond donors (Lipinski definition) is 2. The highest BCUT2D eigenvalue weighted by Gasteiger charge is 2.27. The second kappa shape index (κ2) is 9.77. The molecule has 3 rings (SSSR count). The number of ether oxygens (including phenoxy) is 3. The highest BCUT2D eigenvalue weighted by molar-refractivity contribution is 5.95. The number of benzene rings is 1. The molecule has 1 amide bonds. The number of hydrogen-bond acceptors (Lipinski definition) is 6. The average Bonchev–Trinajstić information content (AvgIpc) is 2.74. The summed E-state index contributed by atoms with van der Waals surface area (Å²) in [5.41, 5.74) is 1.29. The Labute approximate surface area is 175 Å². The van der Waals surface area contributed by atoms with Crippen molar-refractivity contribution in [2.45, 2.75) is 38.5 Å². The van der Waals surface area contributed by atoms with E-state index >= 15 is 0 Å². The smallest absolute Gasteiger partial charge is 0.263 e. The second-order valence-electron chi connectivity index (χ2n) is 7.32. The maximum absolute atomic E-state index is 13.0. The van der Waals surface area contributed by atoms with Crippen LogP contribution < -0.4 is 20.3 Å². The number of nitrogens with one attached hydrogen (secondary N) is 1. The normalized spacial score (nSPS) is 18.7. The van der Waals surface area contributed by atoms with Gasteiger partial charge in [0.2, 0.25) is 0 Å². The number of aliphatic hydroxyl groups excluding tert-OH is 1. The molecular weight excluding hydrogens is 388 g/mol. The van der Waals surface area contributed by atoms with Crippen LogP contribution in [0.5, 0.6) is 11.5 Å². The van der Waals surface area contributed by atoms with Crippen LogP contribution in [0.25, 0.3) is 0 Å². The fraction of sp³-hybridized carbons (Fsp3) is 0.455. The Bertz CT molecular complexity index is 955. The molecule has 1 aromatic carbocycles. The van der Waals surface area contributed by atoms with Crippen molar-refractivity contribution in [3.8, 4) is 11.5 Å². The summed E-state index contributed by atoms with van der Waals surface area (Å²) in [5, 5.41) is 12.8. The predicted molar refractivity (Wildman–Crippen MR) is 111 cm³/mol. The third kappa shape index (κ3) is 4.83. The van der Waals surface area contributed by atoms with E-state index in [0.717, 1.165) is 5.56 Å². The lowest BCUT2D eigenvalue weighted by atomic mass is 10.1. The van der Waals surface area contributed by atoms with Gasteiger partial charge < -0.3 is 29.2 Å². The van der Waals surface area contributed by atoms with Gasteiger partial charge in [-0.05, 0) is 49.1 Å². The minimum Gasteiger partial charge on any atom is -0.493 e. The van der Waals surface area contributed by atoms with Gasteiger partial charge in [0.25, 0.3) is 11.5 Å². The quantitative estimate of drug-likeness (QED) is 0.706. The number of amides is 1. The van der Waals surface area contributed by atoms with Crippen LogP contribution in [0.3, 0.4) is 0 Å². The van der Waals surface area contributed by atoms with Crippen LogP contribution in [0.4, 0.5) is 0 Å². The summed E-state index contributed by atoms with van der Waals surface area (Å²) in [7, 11) is 3.15. The first-order chi connectivity index (χ1) is 14.4. The van der Waals surface area contributed by atoms with E-state index in [2.05, 4.69) is 5.32 Å². The van der Waals surface area contributed by atoms with Gasteiger partial charge in [0.1, 0.15) is 5.56 Å². The minimum absolute atomic E-state index is 0.0857. The standard InChI is InChI=1S/C22H28N2O6/c1-14-6-9-24(10-7-15-4-5-18(28-2)19(12-15)29-3)22(27)20(14)21(26)23-16-13-30-11-8-17(16)25/h4-6,9,12,16-17,25H,7-8,10-11,13H2,1-3H3,(H,23,26)/t16-,17+/m1/s1. The number of pyridine rings is 1. The van der Waals surface area contributed by atoms with Gasteiger partial charge in [0, 0.05) is 19.3 Å². The molecule has 2 atom stereocenters. The first kappa shape index (κ1) is 21.9. The molecular formula is C22H28N2O6. The fourth-order valence-corrected chi connectivity index (χ4v) is 3.51. The molecule has 0 spiro atoms. The molecule has 8 heteroatoms. The van der Waals surface area contributed by atoms with Gasteiger partial charge in [-0.15, -0.1) is 0 Å². The van der Waals surface area contributed by atoms with E-state index in [-0.39, 0.29) is 17.7 Å². The van der Waals surface area contributed by atoms with Gasteiger partial charge in [0.05, 0.1) is 33.0 Å². The molecule has 2 N–H and O–H groups in total. The predicted octanol–water partition coefficient (Wildman–Crippen LogP) is 1.30. The zero-order valence-corrected chi connectivity index (χ0v) is 17.5. The SMILES string of the molecule is COc1ccc(CCn2ccc(C)c(C(=O)N[C@@H]3COCC[C@@H]3O)c2=O)cc1OC. The third-order valence-corrected chi connectivity index (χ3v) is 5.33. The molecule has 0 radical (unpaired) electrons. The van der Waals surface area contributed by atoms with Crippen molar-refractivity contribution < 1.29 is 24.1 Å². The Morgan fingerprint density at radius 1 is 1.27 bits per heavy atom. The molecule has 30 heavy (non-hydrogen) atoms. The van der Waals surface area contributed by atoms with E-state index in [9.17, 15) is 14.7 Å². The maximum Gasteiger partial charge on any atom is 0.263 e. The summed E-state index contributed by atoms with van der Waals surface area (Å²) in [6.07, 6.45) is 2.04. The third-order valence-electron chi connectivity index (χ3n) is 5.33. The highest BCUT2D eigenvalue weighted by Crippen LogP contribution is 2.27. The number of aryl methyl sites for hydroxylation is 3. The molecule has 1 aromatic heterocycles. The molecule has 0 bridgehead atoms. The van der Waals surface area contributed by atoms with Crippen molar-refractivity contribution in [2.24, 2.45) is 0 Å². The van der Waals surface area contributed by atoms with E-state index in [4.69, 9.17) is 14.2 Å². The zero-order valence-electron chi connectivity index (χ0n) is 17.5. The van der Waals surface area contributed by atoms with E-state index < -0.39 is 18.1 Å². The molecule has 0 aliphatic carbocycles. The Morgan fingerprint density at radius 2 is 2.03 bits per heavy atom. The number of aliphatic hydroxyl groups is 1. The molecule has 2 heterocycles. The van der Waals surface area contributed by atoms with Crippen molar-refractivity contribution >= 4 is 5.91 Å². The number of methoxy groups -OCH3 is 2. The molecule has 0 saturated carbocycles. The highest BCUT2D eigenvalue weighted by atomic mass is 16.5. The van der Waals surface area contributed by atoms with Crippen LogP contribution in [0.2, 0.25) is 0 Å². The maximum atomic E-state index is 13.0. The van der Waals surface area contributed by atoms with Crippen LogP contribution >= 0.6 is 0 Å². The molecule has 1 aliphatic heterocycles. The number of carbonyl (C=O) groups excluding carboxylic acids is 1. The lowest BCUT2D eigenvalue weighted by Gasteiger charge is -2.28. The molecule has 1 fully saturated rings. The largest absolute Gasteiger partial charge is 0.493 e. The topological polar surface area (TPSA) is 99.0 Å². The van der Waals surface area contributed by atoms with Crippen molar-refractivity contribution in [1.82, 2.24) is 9.88 Å². The summed E-state index contributed by atoms with van der Waals surface area (Å²) in [4.78, 5) is 25.7. The Morgan fingerprint density at radius 3 is 2.73 bits per heavy atom. The van der Waals surface area contributed by atoms with Crippen molar-refractivity contribution in [3.05, 3.63) is 57.5 Å². The van der Waals surface area contributed by atoms with Crippen LogP contribution in [-0.2, 0) is 17.7 Å². The van der Waals surface area contributed by atoms with Crippen molar-refractivity contribution in [2.75, 3.05) is 27.4 Å². The first-order valence-corrected chi connectivity index (χ1v) is 9.92. The van der Waals surface area contributed by atoms with Gasteiger partial charge in [-0.25, -0.2) is 0 Å². The summed E-state index contributed by atoms with van der Waals surface area (Å²) in [6.45, 7) is 2.82. The minimum atomic E-state index is -0.681. The Hall–Kier alpha value is -2.84. The lowest BCUT2D eigenvalue weighted by Crippen LogP contribution is -2.50. The van der Waals surface area contributed by atoms with Gasteiger partial charge in [0.15, 0.2) is 11.5 Å². The molecule has 0 unspecified atom stereocenters. The summed E-state index contributed by atoms with van der Waals surface area (Å²) < 4.78 is 17.4. The van der Waals surface area contributed by atoms with E-state index in [0.29, 0.717) is 43.1 Å². The first-order valence-electron chi connectivity index (χ1n) is 9.92. The van der Waals surface area contributed by atoms with Gasteiger partial charge in [-0.3, -0.25) is 9.59 Å². The number of carbonyl (C=O) groups is 1. The molecule has 8 nitrogen and oxygen atoms in total. The molecule has 162 valence electrons. The van der Waals surface area contributed by atoms with Crippen LogP contribution in [0, 0.1) is 6.92 Å². The number of nitrogens with zero attached hydrogens (tertiary/aromatic N) is 1.